The van der Waals surface area contributed by atoms with Crippen LogP contribution in [0.3, 0.4) is 0 Å². The molecule has 1 atom stereocenters. The molecule has 0 saturated carbocycles. The Morgan fingerprint density at radius 3 is 2.65 bits per heavy atom. The number of nitrogens with zero attached hydrogens (tertiary/aromatic N) is 3. The second kappa shape index (κ2) is 6.77. The number of anilines is 1. The Bertz CT molecular complexity index is 352. The maximum Gasteiger partial charge on any atom is 0.224 e. The largest absolute Gasteiger partial charge is 0.366 e. The highest BCUT2D eigenvalue weighted by molar-refractivity contribution is 6.28. The predicted octanol–water partition coefficient (Wildman–Crippen LogP) is 2.58. The van der Waals surface area contributed by atoms with Crippen LogP contribution in [0.2, 0.25) is 5.28 Å². The Balaban J connectivity index is 2.61. The van der Waals surface area contributed by atoms with Crippen molar-refractivity contribution in [3.8, 4) is 0 Å². The number of aromatic nitrogens is 2. The third-order valence-electron chi connectivity index (χ3n) is 2.75. The van der Waals surface area contributed by atoms with E-state index in [2.05, 4.69) is 41.0 Å². The van der Waals surface area contributed by atoms with Crippen LogP contribution in [-0.4, -0.2) is 40.5 Å². The van der Waals surface area contributed by atoms with E-state index in [1.54, 1.807) is 6.20 Å². The highest BCUT2D eigenvalue weighted by atomic mass is 35.5. The molecule has 0 aliphatic carbocycles. The quantitative estimate of drug-likeness (QED) is 0.795. The number of rotatable bonds is 6. The Labute approximate surface area is 108 Å². The molecule has 5 heteroatoms. The van der Waals surface area contributed by atoms with Gasteiger partial charge in [0.25, 0.3) is 0 Å². The number of halogens is 1. The number of likely N-dealkylation sites (N-methyl/N-ethyl adjacent to an activating group) is 1. The zero-order chi connectivity index (χ0) is 12.8. The first-order chi connectivity index (χ1) is 8.06. The van der Waals surface area contributed by atoms with E-state index in [1.165, 1.54) is 0 Å². The Hall–Kier alpha value is -0.870. The zero-order valence-corrected chi connectivity index (χ0v) is 11.8. The summed E-state index contributed by atoms with van der Waals surface area (Å²) >= 11 is 5.79. The van der Waals surface area contributed by atoms with E-state index in [4.69, 9.17) is 11.6 Å². The first kappa shape index (κ1) is 14.2. The van der Waals surface area contributed by atoms with E-state index < -0.39 is 0 Å². The molecule has 0 aliphatic heterocycles. The number of hydrogen-bond donors (Lipinski definition) is 1. The van der Waals surface area contributed by atoms with Crippen molar-refractivity contribution in [3.63, 3.8) is 0 Å². The third kappa shape index (κ3) is 4.48. The standard InChI is InChI=1S/C12H21ClN4/c1-5-17(6-2)8-10(4)15-11-9(3)7-14-12(13)16-11/h7,10H,5-6,8H2,1-4H3,(H,14,15,16). The molecule has 1 N–H and O–H groups in total. The van der Waals surface area contributed by atoms with Gasteiger partial charge in [0, 0.05) is 24.3 Å². The monoisotopic (exact) mass is 256 g/mol. The van der Waals surface area contributed by atoms with Crippen LogP contribution in [0, 0.1) is 6.92 Å². The fourth-order valence-electron chi connectivity index (χ4n) is 1.71. The van der Waals surface area contributed by atoms with Crippen molar-refractivity contribution in [1.82, 2.24) is 14.9 Å². The van der Waals surface area contributed by atoms with Gasteiger partial charge in [0.15, 0.2) is 0 Å². The van der Waals surface area contributed by atoms with E-state index in [1.807, 2.05) is 6.92 Å². The summed E-state index contributed by atoms with van der Waals surface area (Å²) in [6.07, 6.45) is 1.74. The summed E-state index contributed by atoms with van der Waals surface area (Å²) in [6.45, 7) is 11.6. The fraction of sp³-hybridized carbons (Fsp3) is 0.667. The van der Waals surface area contributed by atoms with Gasteiger partial charge < -0.3 is 10.2 Å². The summed E-state index contributed by atoms with van der Waals surface area (Å²) in [4.78, 5) is 10.5. The minimum absolute atomic E-state index is 0.285. The average molecular weight is 257 g/mol. The molecule has 1 aromatic rings. The number of hydrogen-bond acceptors (Lipinski definition) is 4. The van der Waals surface area contributed by atoms with Crippen molar-refractivity contribution < 1.29 is 0 Å². The molecule has 0 aliphatic rings. The molecule has 0 aromatic carbocycles. The molecule has 96 valence electrons. The summed E-state index contributed by atoms with van der Waals surface area (Å²) in [5.41, 5.74) is 1.01. The van der Waals surface area contributed by atoms with E-state index in [9.17, 15) is 0 Å². The summed E-state index contributed by atoms with van der Waals surface area (Å²) < 4.78 is 0. The van der Waals surface area contributed by atoms with Gasteiger partial charge in [-0.15, -0.1) is 0 Å². The molecule has 4 nitrogen and oxygen atoms in total. The van der Waals surface area contributed by atoms with E-state index in [0.29, 0.717) is 6.04 Å². The van der Waals surface area contributed by atoms with E-state index in [-0.39, 0.29) is 5.28 Å². The van der Waals surface area contributed by atoms with Crippen molar-refractivity contribution in [3.05, 3.63) is 17.0 Å². The van der Waals surface area contributed by atoms with Gasteiger partial charge in [-0.2, -0.15) is 0 Å². The molecule has 1 rings (SSSR count). The Kier molecular flexibility index (Phi) is 5.65. The zero-order valence-electron chi connectivity index (χ0n) is 11.0. The van der Waals surface area contributed by atoms with Crippen LogP contribution in [0.25, 0.3) is 0 Å². The Morgan fingerprint density at radius 1 is 1.41 bits per heavy atom. The molecule has 0 radical (unpaired) electrons. The van der Waals surface area contributed by atoms with Crippen LogP contribution in [0.5, 0.6) is 0 Å². The molecule has 1 heterocycles. The van der Waals surface area contributed by atoms with Gasteiger partial charge >= 0.3 is 0 Å². The topological polar surface area (TPSA) is 41.0 Å². The van der Waals surface area contributed by atoms with Crippen molar-refractivity contribution in [1.29, 1.82) is 0 Å². The lowest BCUT2D eigenvalue weighted by molar-refractivity contribution is 0.294. The maximum absolute atomic E-state index is 5.79. The Morgan fingerprint density at radius 2 is 2.06 bits per heavy atom. The fourth-order valence-corrected chi connectivity index (χ4v) is 1.85. The van der Waals surface area contributed by atoms with Crippen LogP contribution in [0.15, 0.2) is 6.20 Å². The van der Waals surface area contributed by atoms with E-state index >= 15 is 0 Å². The molecule has 0 spiro atoms. The first-order valence-corrected chi connectivity index (χ1v) is 6.42. The lowest BCUT2D eigenvalue weighted by atomic mass is 10.2. The summed E-state index contributed by atoms with van der Waals surface area (Å²) in [5.74, 6) is 0.824. The van der Waals surface area contributed by atoms with Crippen molar-refractivity contribution in [2.24, 2.45) is 0 Å². The molecule has 0 amide bonds. The van der Waals surface area contributed by atoms with Crippen LogP contribution in [-0.2, 0) is 0 Å². The van der Waals surface area contributed by atoms with Crippen LogP contribution in [0.4, 0.5) is 5.82 Å². The highest BCUT2D eigenvalue weighted by Gasteiger charge is 2.09. The van der Waals surface area contributed by atoms with Crippen molar-refractivity contribution in [2.45, 2.75) is 33.7 Å². The van der Waals surface area contributed by atoms with E-state index in [0.717, 1.165) is 31.0 Å². The smallest absolute Gasteiger partial charge is 0.224 e. The van der Waals surface area contributed by atoms with Gasteiger partial charge in [0.2, 0.25) is 5.28 Å². The summed E-state index contributed by atoms with van der Waals surface area (Å²) in [5, 5.41) is 3.66. The second-order valence-electron chi connectivity index (χ2n) is 4.20. The molecule has 1 aromatic heterocycles. The van der Waals surface area contributed by atoms with Crippen LogP contribution >= 0.6 is 11.6 Å². The van der Waals surface area contributed by atoms with Crippen LogP contribution < -0.4 is 5.32 Å². The molecule has 0 saturated heterocycles. The van der Waals surface area contributed by atoms with Gasteiger partial charge in [-0.05, 0) is 38.5 Å². The number of aryl methyl sites for hydroxylation is 1. The maximum atomic E-state index is 5.79. The molecule has 17 heavy (non-hydrogen) atoms. The number of nitrogens with one attached hydrogen (secondary N) is 1. The van der Waals surface area contributed by atoms with Crippen LogP contribution in [0.1, 0.15) is 26.3 Å². The minimum Gasteiger partial charge on any atom is -0.366 e. The lowest BCUT2D eigenvalue weighted by Gasteiger charge is -2.24. The van der Waals surface area contributed by atoms with Gasteiger partial charge in [0.1, 0.15) is 5.82 Å². The summed E-state index contributed by atoms with van der Waals surface area (Å²) in [7, 11) is 0. The highest BCUT2D eigenvalue weighted by Crippen LogP contribution is 2.13. The predicted molar refractivity (Wildman–Crippen MR) is 72.7 cm³/mol. The normalized spacial score (nSPS) is 12.8. The lowest BCUT2D eigenvalue weighted by Crippen LogP contribution is -2.35. The van der Waals surface area contributed by atoms with Crippen molar-refractivity contribution >= 4 is 17.4 Å². The molecular formula is C12H21ClN4. The van der Waals surface area contributed by atoms with Gasteiger partial charge in [-0.3, -0.25) is 0 Å². The molecule has 1 unspecified atom stereocenters. The second-order valence-corrected chi connectivity index (χ2v) is 4.54. The average Bonchev–Trinajstić information content (AvgIpc) is 2.31. The summed E-state index contributed by atoms with van der Waals surface area (Å²) in [6, 6.07) is 0.333. The van der Waals surface area contributed by atoms with Gasteiger partial charge in [-0.25, -0.2) is 9.97 Å². The molecule has 0 fully saturated rings. The van der Waals surface area contributed by atoms with Crippen molar-refractivity contribution in [2.75, 3.05) is 25.0 Å². The van der Waals surface area contributed by atoms with Gasteiger partial charge in [-0.1, -0.05) is 13.8 Å². The molecular weight excluding hydrogens is 236 g/mol. The minimum atomic E-state index is 0.285. The molecule has 0 bridgehead atoms. The van der Waals surface area contributed by atoms with Gasteiger partial charge in [0.05, 0.1) is 0 Å². The third-order valence-corrected chi connectivity index (χ3v) is 2.93. The SMILES string of the molecule is CCN(CC)CC(C)Nc1nc(Cl)ncc1C. The first-order valence-electron chi connectivity index (χ1n) is 6.04.